The normalized spacial score (nSPS) is 19.6. The Bertz CT molecular complexity index is 591. The second kappa shape index (κ2) is 4.68. The molecule has 2 heterocycles. The van der Waals surface area contributed by atoms with E-state index >= 15 is 0 Å². The van der Waals surface area contributed by atoms with Gasteiger partial charge in [0.25, 0.3) is 0 Å². The zero-order valence-electron chi connectivity index (χ0n) is 10.8. The van der Waals surface area contributed by atoms with Gasteiger partial charge in [0.05, 0.1) is 4.90 Å². The van der Waals surface area contributed by atoms with E-state index in [1.807, 2.05) is 6.07 Å². The zero-order valence-corrected chi connectivity index (χ0v) is 11.6. The summed E-state index contributed by atoms with van der Waals surface area (Å²) in [6, 6.07) is 3.45. The van der Waals surface area contributed by atoms with Gasteiger partial charge in [-0.15, -0.1) is 0 Å². The summed E-state index contributed by atoms with van der Waals surface area (Å²) in [5, 5.41) is 3.29. The molecule has 104 valence electrons. The van der Waals surface area contributed by atoms with Gasteiger partial charge in [0.1, 0.15) is 0 Å². The third kappa shape index (κ3) is 2.42. The van der Waals surface area contributed by atoms with Gasteiger partial charge >= 0.3 is 0 Å². The first kappa shape index (κ1) is 12.7. The lowest BCUT2D eigenvalue weighted by Crippen LogP contribution is -2.27. The van der Waals surface area contributed by atoms with Crippen molar-refractivity contribution in [2.75, 3.05) is 26.1 Å². The minimum Gasteiger partial charge on any atom is -0.454 e. The predicted molar refractivity (Wildman–Crippen MR) is 70.5 cm³/mol. The highest BCUT2D eigenvalue weighted by Gasteiger charge is 2.27. The maximum atomic E-state index is 12.0. The minimum absolute atomic E-state index is 0.161. The number of rotatable bonds is 2. The monoisotopic (exact) mass is 283 g/mol. The summed E-state index contributed by atoms with van der Waals surface area (Å²) in [4.78, 5) is 0.378. The molecule has 1 N–H and O–H groups in total. The summed E-state index contributed by atoms with van der Waals surface area (Å²) in [7, 11) is -3.26. The third-order valence-electron chi connectivity index (χ3n) is 3.68. The highest BCUT2D eigenvalue weighted by molar-refractivity contribution is 7.90. The lowest BCUT2D eigenvalue weighted by atomic mass is 9.90. The molecule has 5 nitrogen and oxygen atoms in total. The summed E-state index contributed by atoms with van der Waals surface area (Å²) in [5.74, 6) is 1.44. The van der Waals surface area contributed by atoms with E-state index in [9.17, 15) is 8.42 Å². The van der Waals surface area contributed by atoms with Crippen molar-refractivity contribution in [1.82, 2.24) is 5.32 Å². The number of nitrogens with one attached hydrogen (secondary N) is 1. The second-order valence-corrected chi connectivity index (χ2v) is 7.02. The summed E-state index contributed by atoms with van der Waals surface area (Å²) in [6.45, 7) is 2.00. The fourth-order valence-corrected chi connectivity index (χ4v) is 3.69. The van der Waals surface area contributed by atoms with Crippen molar-refractivity contribution in [3.63, 3.8) is 0 Å². The fourth-order valence-electron chi connectivity index (χ4n) is 2.71. The molecule has 0 atom stereocenters. The predicted octanol–water partition coefficient (Wildman–Crippen LogP) is 1.29. The van der Waals surface area contributed by atoms with Gasteiger partial charge in [-0.25, -0.2) is 8.42 Å². The van der Waals surface area contributed by atoms with E-state index in [2.05, 4.69) is 5.32 Å². The van der Waals surface area contributed by atoms with Crippen LogP contribution in [0.15, 0.2) is 17.0 Å². The van der Waals surface area contributed by atoms with Gasteiger partial charge in [0.15, 0.2) is 21.3 Å². The SMILES string of the molecule is CS(=O)(=O)c1cc2c(cc1C1CCNCC1)OCO2. The standard InChI is InChI=1S/C13H17NO4S/c1-19(15,16)13-7-12-11(17-8-18-12)6-10(13)9-2-4-14-5-3-9/h6-7,9,14H,2-5,8H2,1H3. The molecule has 0 spiro atoms. The Morgan fingerprint density at radius 2 is 1.79 bits per heavy atom. The van der Waals surface area contributed by atoms with Crippen LogP contribution in [-0.4, -0.2) is 34.6 Å². The van der Waals surface area contributed by atoms with E-state index in [1.165, 1.54) is 6.26 Å². The average molecular weight is 283 g/mol. The molecule has 6 heteroatoms. The smallest absolute Gasteiger partial charge is 0.231 e. The van der Waals surface area contributed by atoms with Gasteiger partial charge < -0.3 is 14.8 Å². The number of sulfone groups is 1. The maximum absolute atomic E-state index is 12.0. The Labute approximate surface area is 112 Å². The molecule has 0 bridgehead atoms. The van der Waals surface area contributed by atoms with Crippen LogP contribution < -0.4 is 14.8 Å². The van der Waals surface area contributed by atoms with Crippen molar-refractivity contribution in [3.05, 3.63) is 17.7 Å². The lowest BCUT2D eigenvalue weighted by molar-refractivity contribution is 0.174. The van der Waals surface area contributed by atoms with E-state index in [0.717, 1.165) is 31.5 Å². The van der Waals surface area contributed by atoms with Crippen molar-refractivity contribution < 1.29 is 17.9 Å². The molecular weight excluding hydrogens is 266 g/mol. The Kier molecular flexibility index (Phi) is 3.14. The van der Waals surface area contributed by atoms with E-state index < -0.39 is 9.84 Å². The molecule has 3 rings (SSSR count). The van der Waals surface area contributed by atoms with Crippen LogP contribution in [0, 0.1) is 0 Å². The molecule has 1 aromatic rings. The first-order chi connectivity index (χ1) is 9.05. The van der Waals surface area contributed by atoms with Crippen LogP contribution in [0.1, 0.15) is 24.3 Å². The Morgan fingerprint density at radius 3 is 2.42 bits per heavy atom. The molecule has 0 aromatic heterocycles. The molecule has 1 fully saturated rings. The third-order valence-corrected chi connectivity index (χ3v) is 4.84. The summed E-state index contributed by atoms with van der Waals surface area (Å²) >= 11 is 0. The molecule has 0 saturated carbocycles. The molecule has 0 aliphatic carbocycles. The van der Waals surface area contributed by atoms with Crippen LogP contribution in [0.3, 0.4) is 0 Å². The quantitative estimate of drug-likeness (QED) is 0.886. The van der Waals surface area contributed by atoms with Crippen molar-refractivity contribution in [2.45, 2.75) is 23.7 Å². The molecule has 2 aliphatic rings. The van der Waals surface area contributed by atoms with Gasteiger partial charge in [-0.2, -0.15) is 0 Å². The van der Waals surface area contributed by atoms with Gasteiger partial charge in [-0.3, -0.25) is 0 Å². The Hall–Kier alpha value is -1.27. The molecule has 0 radical (unpaired) electrons. The topological polar surface area (TPSA) is 64.6 Å². The molecule has 2 aliphatic heterocycles. The second-order valence-electron chi connectivity index (χ2n) is 5.04. The van der Waals surface area contributed by atoms with Gasteiger partial charge in [0, 0.05) is 12.3 Å². The average Bonchev–Trinajstić information content (AvgIpc) is 2.84. The highest BCUT2D eigenvalue weighted by atomic mass is 32.2. The van der Waals surface area contributed by atoms with Crippen LogP contribution in [0.25, 0.3) is 0 Å². The van der Waals surface area contributed by atoms with Crippen LogP contribution in [0.5, 0.6) is 11.5 Å². The minimum atomic E-state index is -3.26. The van der Waals surface area contributed by atoms with Crippen LogP contribution in [0.4, 0.5) is 0 Å². The summed E-state index contributed by atoms with van der Waals surface area (Å²) in [6.07, 6.45) is 3.14. The van der Waals surface area contributed by atoms with Crippen LogP contribution in [0.2, 0.25) is 0 Å². The molecule has 0 unspecified atom stereocenters. The van der Waals surface area contributed by atoms with Crippen molar-refractivity contribution >= 4 is 9.84 Å². The summed E-state index contributed by atoms with van der Waals surface area (Å²) in [5.41, 5.74) is 0.869. The van der Waals surface area contributed by atoms with Gasteiger partial charge in [0.2, 0.25) is 6.79 Å². The number of hydrogen-bond acceptors (Lipinski definition) is 5. The molecule has 0 amide bonds. The van der Waals surface area contributed by atoms with Crippen molar-refractivity contribution in [2.24, 2.45) is 0 Å². The van der Waals surface area contributed by atoms with E-state index in [-0.39, 0.29) is 12.7 Å². The molecule has 19 heavy (non-hydrogen) atoms. The van der Waals surface area contributed by atoms with Crippen molar-refractivity contribution in [1.29, 1.82) is 0 Å². The molecular formula is C13H17NO4S. The van der Waals surface area contributed by atoms with Gasteiger partial charge in [-0.05, 0) is 43.5 Å². The number of fused-ring (bicyclic) bond motifs is 1. The number of ether oxygens (including phenoxy) is 2. The largest absolute Gasteiger partial charge is 0.454 e. The Balaban J connectivity index is 2.10. The van der Waals surface area contributed by atoms with Gasteiger partial charge in [-0.1, -0.05) is 0 Å². The van der Waals surface area contributed by atoms with Crippen molar-refractivity contribution in [3.8, 4) is 11.5 Å². The first-order valence-electron chi connectivity index (χ1n) is 6.40. The number of benzene rings is 1. The summed E-state index contributed by atoms with van der Waals surface area (Å²) < 4.78 is 34.6. The maximum Gasteiger partial charge on any atom is 0.231 e. The highest BCUT2D eigenvalue weighted by Crippen LogP contribution is 2.40. The van der Waals surface area contributed by atoms with Crippen LogP contribution >= 0.6 is 0 Å². The number of piperidine rings is 1. The first-order valence-corrected chi connectivity index (χ1v) is 8.29. The lowest BCUT2D eigenvalue weighted by Gasteiger charge is -2.24. The fraction of sp³-hybridized carbons (Fsp3) is 0.538. The van der Waals surface area contributed by atoms with E-state index in [1.54, 1.807) is 6.07 Å². The zero-order chi connectivity index (χ0) is 13.5. The Morgan fingerprint density at radius 1 is 1.16 bits per heavy atom. The van der Waals surface area contributed by atoms with Crippen LogP contribution in [-0.2, 0) is 9.84 Å². The molecule has 1 aromatic carbocycles. The number of hydrogen-bond donors (Lipinski definition) is 1. The molecule has 1 saturated heterocycles. The van der Waals surface area contributed by atoms with E-state index in [4.69, 9.17) is 9.47 Å². The van der Waals surface area contributed by atoms with E-state index in [0.29, 0.717) is 16.4 Å².